The third kappa shape index (κ3) is 1.36. The van der Waals surface area contributed by atoms with Crippen molar-refractivity contribution in [3.05, 3.63) is 42.4 Å². The second kappa shape index (κ2) is 3.16. The van der Waals surface area contributed by atoms with Gasteiger partial charge < -0.3 is 5.32 Å². The molecule has 0 atom stereocenters. The molecule has 0 aliphatic carbocycles. The van der Waals surface area contributed by atoms with Crippen molar-refractivity contribution in [1.82, 2.24) is 9.97 Å². The average Bonchev–Trinajstić information content (AvgIpc) is 2.48. The summed E-state index contributed by atoms with van der Waals surface area (Å²) in [4.78, 5) is 12.5. The third-order valence-electron chi connectivity index (χ3n) is 2.24. The number of rotatable bonds is 0. The van der Waals surface area contributed by atoms with Crippen molar-refractivity contribution >= 4 is 23.4 Å². The van der Waals surface area contributed by atoms with Crippen LogP contribution in [0.5, 0.6) is 0 Å². The van der Waals surface area contributed by atoms with Crippen LogP contribution in [0, 0.1) is 0 Å². The molecule has 15 heavy (non-hydrogen) atoms. The Hall–Kier alpha value is -2.23. The van der Waals surface area contributed by atoms with Crippen molar-refractivity contribution in [3.8, 4) is 0 Å². The van der Waals surface area contributed by atoms with E-state index in [4.69, 9.17) is 0 Å². The molecule has 0 unspecified atom stereocenters. The van der Waals surface area contributed by atoms with Gasteiger partial charge >= 0.3 is 0 Å². The van der Waals surface area contributed by atoms with Crippen LogP contribution in [-0.4, -0.2) is 16.2 Å². The SMILES string of the molecule is C1=Nc2ccccc2Nc2ncncc21. The number of para-hydroxylation sites is 2. The molecule has 1 aromatic heterocycles. The van der Waals surface area contributed by atoms with Gasteiger partial charge in [-0.25, -0.2) is 9.97 Å². The second-order valence-corrected chi connectivity index (χ2v) is 3.23. The summed E-state index contributed by atoms with van der Waals surface area (Å²) in [5.41, 5.74) is 2.77. The van der Waals surface area contributed by atoms with Crippen LogP contribution >= 0.6 is 0 Å². The molecule has 0 amide bonds. The minimum Gasteiger partial charge on any atom is -0.338 e. The normalized spacial score (nSPS) is 12.3. The molecule has 1 N–H and O–H groups in total. The number of aromatic nitrogens is 2. The van der Waals surface area contributed by atoms with E-state index in [9.17, 15) is 0 Å². The van der Waals surface area contributed by atoms with Gasteiger partial charge in [-0.05, 0) is 12.1 Å². The van der Waals surface area contributed by atoms with Crippen molar-refractivity contribution in [2.75, 3.05) is 5.32 Å². The smallest absolute Gasteiger partial charge is 0.142 e. The first kappa shape index (κ1) is 8.11. The highest BCUT2D eigenvalue weighted by Crippen LogP contribution is 2.30. The van der Waals surface area contributed by atoms with Gasteiger partial charge in [0.15, 0.2) is 0 Å². The molecule has 0 spiro atoms. The van der Waals surface area contributed by atoms with Crippen LogP contribution in [0.15, 0.2) is 41.8 Å². The highest BCUT2D eigenvalue weighted by molar-refractivity contribution is 5.93. The maximum atomic E-state index is 4.36. The highest BCUT2D eigenvalue weighted by Gasteiger charge is 2.08. The molecular weight excluding hydrogens is 188 g/mol. The molecule has 2 heterocycles. The van der Waals surface area contributed by atoms with E-state index in [1.54, 1.807) is 12.4 Å². The number of benzene rings is 1. The Morgan fingerprint density at radius 2 is 2.07 bits per heavy atom. The summed E-state index contributed by atoms with van der Waals surface area (Å²) in [6.45, 7) is 0. The van der Waals surface area contributed by atoms with Crippen molar-refractivity contribution in [3.63, 3.8) is 0 Å². The largest absolute Gasteiger partial charge is 0.338 e. The summed E-state index contributed by atoms with van der Waals surface area (Å²) in [6.07, 6.45) is 5.03. The van der Waals surface area contributed by atoms with E-state index in [-0.39, 0.29) is 0 Å². The van der Waals surface area contributed by atoms with Crippen LogP contribution in [0.3, 0.4) is 0 Å². The first-order valence-electron chi connectivity index (χ1n) is 4.63. The predicted octanol–water partition coefficient (Wildman–Crippen LogP) is 2.28. The number of hydrogen-bond acceptors (Lipinski definition) is 4. The molecule has 0 saturated carbocycles. The summed E-state index contributed by atoms with van der Waals surface area (Å²) >= 11 is 0. The van der Waals surface area contributed by atoms with Crippen LogP contribution in [0.1, 0.15) is 5.56 Å². The van der Waals surface area contributed by atoms with Gasteiger partial charge in [0.2, 0.25) is 0 Å². The number of hydrogen-bond donors (Lipinski definition) is 1. The minimum atomic E-state index is 0.790. The lowest BCUT2D eigenvalue weighted by molar-refractivity contribution is 1.16. The van der Waals surface area contributed by atoms with Gasteiger partial charge in [-0.3, -0.25) is 4.99 Å². The zero-order valence-electron chi connectivity index (χ0n) is 7.88. The van der Waals surface area contributed by atoms with Crippen molar-refractivity contribution in [2.45, 2.75) is 0 Å². The van der Waals surface area contributed by atoms with Crippen molar-refractivity contribution < 1.29 is 0 Å². The Bertz CT molecular complexity index is 486. The van der Waals surface area contributed by atoms with Gasteiger partial charge in [0.05, 0.1) is 16.9 Å². The first-order valence-corrected chi connectivity index (χ1v) is 4.63. The maximum absolute atomic E-state index is 4.36. The second-order valence-electron chi connectivity index (χ2n) is 3.23. The Labute approximate surface area is 86.7 Å². The third-order valence-corrected chi connectivity index (χ3v) is 2.24. The molecule has 3 rings (SSSR count). The topological polar surface area (TPSA) is 50.2 Å². The van der Waals surface area contributed by atoms with Gasteiger partial charge in [-0.15, -0.1) is 0 Å². The van der Waals surface area contributed by atoms with Crippen molar-refractivity contribution in [2.24, 2.45) is 4.99 Å². The highest BCUT2D eigenvalue weighted by atomic mass is 15.0. The fraction of sp³-hybridized carbons (Fsp3) is 0. The molecule has 4 nitrogen and oxygen atoms in total. The summed E-state index contributed by atoms with van der Waals surface area (Å²) in [5, 5.41) is 3.23. The fourth-order valence-electron chi connectivity index (χ4n) is 1.50. The molecule has 4 heteroatoms. The zero-order valence-corrected chi connectivity index (χ0v) is 7.88. The van der Waals surface area contributed by atoms with E-state index >= 15 is 0 Å². The Morgan fingerprint density at radius 1 is 1.13 bits per heavy atom. The van der Waals surface area contributed by atoms with Crippen molar-refractivity contribution in [1.29, 1.82) is 0 Å². The molecule has 0 radical (unpaired) electrons. The standard InChI is InChI=1S/C11H8N4/c1-2-4-10-9(3-1)13-6-8-5-12-7-14-11(8)15-10/h1-7H,(H,12,14,15). The van der Waals surface area contributed by atoms with Crippen LogP contribution in [0.25, 0.3) is 0 Å². The molecule has 0 bridgehead atoms. The van der Waals surface area contributed by atoms with E-state index in [0.29, 0.717) is 0 Å². The van der Waals surface area contributed by atoms with Gasteiger partial charge in [0.25, 0.3) is 0 Å². The number of aliphatic imine (C=N–C) groups is 1. The van der Waals surface area contributed by atoms with E-state index in [2.05, 4.69) is 20.3 Å². The number of nitrogens with zero attached hydrogens (tertiary/aromatic N) is 3. The number of anilines is 2. The fourth-order valence-corrected chi connectivity index (χ4v) is 1.50. The number of nitrogens with one attached hydrogen (secondary N) is 1. The van der Waals surface area contributed by atoms with Gasteiger partial charge in [0, 0.05) is 12.4 Å². The molecule has 0 saturated heterocycles. The van der Waals surface area contributed by atoms with E-state index < -0.39 is 0 Å². The Kier molecular flexibility index (Phi) is 1.71. The summed E-state index contributed by atoms with van der Waals surface area (Å²) in [5.74, 6) is 0.790. The van der Waals surface area contributed by atoms with E-state index in [1.807, 2.05) is 24.3 Å². The van der Waals surface area contributed by atoms with Crippen LogP contribution in [-0.2, 0) is 0 Å². The molecule has 1 aromatic carbocycles. The van der Waals surface area contributed by atoms with Gasteiger partial charge in [-0.1, -0.05) is 12.1 Å². The Balaban J connectivity index is 2.19. The Morgan fingerprint density at radius 3 is 3.07 bits per heavy atom. The molecular formula is C11H8N4. The van der Waals surface area contributed by atoms with Gasteiger partial charge in [0.1, 0.15) is 12.1 Å². The lowest BCUT2D eigenvalue weighted by Gasteiger charge is -2.05. The lowest BCUT2D eigenvalue weighted by atomic mass is 10.3. The monoisotopic (exact) mass is 196 g/mol. The van der Waals surface area contributed by atoms with E-state index in [1.165, 1.54) is 6.33 Å². The minimum absolute atomic E-state index is 0.790. The zero-order chi connectivity index (χ0) is 10.1. The van der Waals surface area contributed by atoms with Crippen LogP contribution in [0.2, 0.25) is 0 Å². The predicted molar refractivity (Wildman–Crippen MR) is 59.0 cm³/mol. The molecule has 0 fully saturated rings. The lowest BCUT2D eigenvalue weighted by Crippen LogP contribution is -1.96. The maximum Gasteiger partial charge on any atom is 0.142 e. The number of fused-ring (bicyclic) bond motifs is 2. The molecule has 1 aliphatic heterocycles. The summed E-state index contributed by atoms with van der Waals surface area (Å²) in [6, 6.07) is 7.86. The van der Waals surface area contributed by atoms with Crippen LogP contribution < -0.4 is 5.32 Å². The summed E-state index contributed by atoms with van der Waals surface area (Å²) < 4.78 is 0. The van der Waals surface area contributed by atoms with Crippen LogP contribution in [0.4, 0.5) is 17.2 Å². The average molecular weight is 196 g/mol. The molecule has 72 valence electrons. The quantitative estimate of drug-likeness (QED) is 0.600. The summed E-state index contributed by atoms with van der Waals surface area (Å²) in [7, 11) is 0. The van der Waals surface area contributed by atoms with Gasteiger partial charge in [-0.2, -0.15) is 0 Å². The molecule has 2 aromatic rings. The molecule has 1 aliphatic rings. The first-order chi connectivity index (χ1) is 7.43. The van der Waals surface area contributed by atoms with E-state index in [0.717, 1.165) is 22.8 Å².